The van der Waals surface area contributed by atoms with E-state index in [2.05, 4.69) is 11.4 Å². The lowest BCUT2D eigenvalue weighted by atomic mass is 9.73. The molecule has 1 heterocycles. The fourth-order valence-corrected chi connectivity index (χ4v) is 3.51. The predicted octanol–water partition coefficient (Wildman–Crippen LogP) is 2.27. The van der Waals surface area contributed by atoms with E-state index in [1.54, 1.807) is 0 Å². The summed E-state index contributed by atoms with van der Waals surface area (Å²) in [5, 5.41) is 4.30. The summed E-state index contributed by atoms with van der Waals surface area (Å²) < 4.78 is 0. The third kappa shape index (κ3) is 1.41. The van der Waals surface area contributed by atoms with Crippen LogP contribution in [0.4, 0.5) is 0 Å². The Bertz CT molecular complexity index is 410. The van der Waals surface area contributed by atoms with Crippen molar-refractivity contribution in [2.24, 2.45) is 11.1 Å². The minimum atomic E-state index is 0.170. The molecule has 1 aromatic rings. The minimum Gasteiger partial charge on any atom is -0.323 e. The Hall–Kier alpha value is -0.570. The Balaban J connectivity index is 2.02. The van der Waals surface area contributed by atoms with Crippen LogP contribution >= 0.6 is 11.6 Å². The van der Waals surface area contributed by atoms with Crippen molar-refractivity contribution in [1.29, 1.82) is 0 Å². The van der Waals surface area contributed by atoms with Crippen LogP contribution in [0.5, 0.6) is 0 Å². The molecular formula is C13H17ClN2. The second-order valence-electron chi connectivity index (χ2n) is 5.07. The van der Waals surface area contributed by atoms with E-state index in [9.17, 15) is 0 Å². The van der Waals surface area contributed by atoms with Crippen molar-refractivity contribution in [3.8, 4) is 0 Å². The van der Waals surface area contributed by atoms with Gasteiger partial charge >= 0.3 is 0 Å². The highest BCUT2D eigenvalue weighted by Gasteiger charge is 2.45. The van der Waals surface area contributed by atoms with Gasteiger partial charge in [-0.1, -0.05) is 23.7 Å². The van der Waals surface area contributed by atoms with Crippen molar-refractivity contribution in [3.05, 3.63) is 34.3 Å². The summed E-state index contributed by atoms with van der Waals surface area (Å²) in [7, 11) is 0. The molecule has 1 fully saturated rings. The van der Waals surface area contributed by atoms with E-state index in [0.29, 0.717) is 0 Å². The molecule has 1 atom stereocenters. The van der Waals surface area contributed by atoms with E-state index in [0.717, 1.165) is 24.5 Å². The fourth-order valence-electron chi connectivity index (χ4n) is 3.26. The lowest BCUT2D eigenvalue weighted by Gasteiger charge is -2.37. The van der Waals surface area contributed by atoms with Gasteiger partial charge in [0.2, 0.25) is 0 Å². The normalized spacial score (nSPS) is 27.0. The first-order valence-corrected chi connectivity index (χ1v) is 6.34. The van der Waals surface area contributed by atoms with Crippen LogP contribution in [0.15, 0.2) is 18.2 Å². The Morgan fingerprint density at radius 3 is 2.75 bits per heavy atom. The third-order valence-electron chi connectivity index (χ3n) is 4.28. The number of rotatable bonds is 0. The molecule has 0 radical (unpaired) electrons. The summed E-state index contributed by atoms with van der Waals surface area (Å²) in [5.74, 6) is 0. The lowest BCUT2D eigenvalue weighted by Crippen LogP contribution is -2.42. The SMILES string of the molecule is N[C@@H]1c2cccc(Cl)c2CC12CCNCC2. The summed E-state index contributed by atoms with van der Waals surface area (Å²) in [5.41, 5.74) is 9.26. The van der Waals surface area contributed by atoms with Crippen LogP contribution in [0.2, 0.25) is 5.02 Å². The van der Waals surface area contributed by atoms with Gasteiger partial charge in [-0.3, -0.25) is 0 Å². The molecule has 2 nitrogen and oxygen atoms in total. The maximum Gasteiger partial charge on any atom is 0.0441 e. The number of nitrogens with two attached hydrogens (primary N) is 1. The molecule has 1 aromatic carbocycles. The number of fused-ring (bicyclic) bond motifs is 1. The van der Waals surface area contributed by atoms with Gasteiger partial charge in [-0.2, -0.15) is 0 Å². The molecule has 0 bridgehead atoms. The van der Waals surface area contributed by atoms with Gasteiger partial charge in [-0.15, -0.1) is 0 Å². The highest BCUT2D eigenvalue weighted by Crippen LogP contribution is 2.51. The first kappa shape index (κ1) is 10.6. The van der Waals surface area contributed by atoms with Gasteiger partial charge in [-0.05, 0) is 55.0 Å². The van der Waals surface area contributed by atoms with Crippen LogP contribution in [-0.2, 0) is 6.42 Å². The van der Waals surface area contributed by atoms with Crippen LogP contribution in [0.25, 0.3) is 0 Å². The molecule has 3 heteroatoms. The van der Waals surface area contributed by atoms with Crippen molar-refractivity contribution in [2.45, 2.75) is 25.3 Å². The zero-order valence-corrected chi connectivity index (χ0v) is 10.1. The van der Waals surface area contributed by atoms with Gasteiger partial charge in [-0.25, -0.2) is 0 Å². The molecule has 3 rings (SSSR count). The molecule has 86 valence electrons. The van der Waals surface area contributed by atoms with Gasteiger partial charge < -0.3 is 11.1 Å². The zero-order valence-electron chi connectivity index (χ0n) is 9.30. The van der Waals surface area contributed by atoms with E-state index < -0.39 is 0 Å². The quantitative estimate of drug-likeness (QED) is 0.725. The van der Waals surface area contributed by atoms with Gasteiger partial charge in [0.25, 0.3) is 0 Å². The Morgan fingerprint density at radius 2 is 2.06 bits per heavy atom. The maximum atomic E-state index is 6.44. The monoisotopic (exact) mass is 236 g/mol. The lowest BCUT2D eigenvalue weighted by molar-refractivity contribution is 0.174. The number of halogens is 1. The predicted molar refractivity (Wildman–Crippen MR) is 66.6 cm³/mol. The summed E-state index contributed by atoms with van der Waals surface area (Å²) in [6, 6.07) is 6.31. The van der Waals surface area contributed by atoms with Crippen molar-refractivity contribution in [1.82, 2.24) is 5.32 Å². The molecule has 1 saturated heterocycles. The Kier molecular flexibility index (Phi) is 2.46. The van der Waals surface area contributed by atoms with E-state index >= 15 is 0 Å². The molecule has 0 amide bonds. The molecule has 16 heavy (non-hydrogen) atoms. The van der Waals surface area contributed by atoms with Crippen LogP contribution in [-0.4, -0.2) is 13.1 Å². The highest BCUT2D eigenvalue weighted by molar-refractivity contribution is 6.31. The third-order valence-corrected chi connectivity index (χ3v) is 4.63. The number of hydrogen-bond acceptors (Lipinski definition) is 2. The molecule has 0 aromatic heterocycles. The van der Waals surface area contributed by atoms with Gasteiger partial charge in [0.1, 0.15) is 0 Å². The number of piperidine rings is 1. The summed E-state index contributed by atoms with van der Waals surface area (Å²) in [6.07, 6.45) is 3.39. The molecule has 2 aliphatic rings. The van der Waals surface area contributed by atoms with E-state index in [-0.39, 0.29) is 11.5 Å². The molecular weight excluding hydrogens is 220 g/mol. The second kappa shape index (κ2) is 3.73. The standard InChI is InChI=1S/C13H17ClN2/c14-11-3-1-2-9-10(11)8-13(12(9)15)4-6-16-7-5-13/h1-3,12,16H,4-8,15H2/t12-/m1/s1. The Labute approximate surface area is 101 Å². The summed E-state index contributed by atoms with van der Waals surface area (Å²) in [4.78, 5) is 0. The highest BCUT2D eigenvalue weighted by atomic mass is 35.5. The average molecular weight is 237 g/mol. The molecule has 1 spiro atoms. The van der Waals surface area contributed by atoms with Crippen molar-refractivity contribution >= 4 is 11.6 Å². The van der Waals surface area contributed by atoms with Crippen molar-refractivity contribution < 1.29 is 0 Å². The molecule has 1 aliphatic heterocycles. The van der Waals surface area contributed by atoms with Crippen molar-refractivity contribution in [2.75, 3.05) is 13.1 Å². The number of benzene rings is 1. The van der Waals surface area contributed by atoms with Gasteiger partial charge in [0.05, 0.1) is 0 Å². The van der Waals surface area contributed by atoms with E-state index in [1.807, 2.05) is 12.1 Å². The van der Waals surface area contributed by atoms with Gasteiger partial charge in [0.15, 0.2) is 0 Å². The fraction of sp³-hybridized carbons (Fsp3) is 0.538. The second-order valence-corrected chi connectivity index (χ2v) is 5.48. The zero-order chi connectivity index (χ0) is 11.2. The Morgan fingerprint density at radius 1 is 1.31 bits per heavy atom. The first-order chi connectivity index (χ1) is 7.73. The van der Waals surface area contributed by atoms with Crippen LogP contribution in [0.1, 0.15) is 30.0 Å². The molecule has 1 aliphatic carbocycles. The van der Waals surface area contributed by atoms with E-state index in [1.165, 1.54) is 24.0 Å². The molecule has 0 unspecified atom stereocenters. The van der Waals surface area contributed by atoms with Crippen LogP contribution in [0, 0.1) is 5.41 Å². The number of nitrogens with one attached hydrogen (secondary N) is 1. The van der Waals surface area contributed by atoms with Crippen LogP contribution < -0.4 is 11.1 Å². The molecule has 0 saturated carbocycles. The first-order valence-electron chi connectivity index (χ1n) is 5.97. The summed E-state index contributed by atoms with van der Waals surface area (Å²) in [6.45, 7) is 2.17. The smallest absolute Gasteiger partial charge is 0.0441 e. The number of hydrogen-bond donors (Lipinski definition) is 2. The van der Waals surface area contributed by atoms with Crippen LogP contribution in [0.3, 0.4) is 0 Å². The van der Waals surface area contributed by atoms with Crippen molar-refractivity contribution in [3.63, 3.8) is 0 Å². The largest absolute Gasteiger partial charge is 0.323 e. The minimum absolute atomic E-state index is 0.170. The molecule has 3 N–H and O–H groups in total. The van der Waals surface area contributed by atoms with Gasteiger partial charge in [0, 0.05) is 11.1 Å². The summed E-state index contributed by atoms with van der Waals surface area (Å²) >= 11 is 6.27. The average Bonchev–Trinajstić information content (AvgIpc) is 2.57. The maximum absolute atomic E-state index is 6.44. The topological polar surface area (TPSA) is 38.0 Å². The van der Waals surface area contributed by atoms with E-state index in [4.69, 9.17) is 17.3 Å².